The summed E-state index contributed by atoms with van der Waals surface area (Å²) in [6.45, 7) is 4.52. The molecule has 2 nitrogen and oxygen atoms in total. The van der Waals surface area contributed by atoms with Gasteiger partial charge in [-0.05, 0) is 73.2 Å². The van der Waals surface area contributed by atoms with E-state index in [1.807, 2.05) is 12.1 Å². The number of hydrogen-bond donors (Lipinski definition) is 2. The van der Waals surface area contributed by atoms with Crippen LogP contribution in [0.15, 0.2) is 46.2 Å². The van der Waals surface area contributed by atoms with Crippen molar-refractivity contribution >= 4 is 11.8 Å². The lowest BCUT2D eigenvalue weighted by molar-refractivity contribution is 0.473. The SMILES string of the molecule is CCCCCCCCCc1cc(O)ccc1Sc1ccc(O)cc1CCCCCCCCC. The number of aromatic hydroxyl groups is 2. The van der Waals surface area contributed by atoms with Crippen molar-refractivity contribution in [2.75, 3.05) is 0 Å². The summed E-state index contributed by atoms with van der Waals surface area (Å²) in [5.74, 6) is 0.706. The minimum Gasteiger partial charge on any atom is -0.508 e. The predicted molar refractivity (Wildman–Crippen MR) is 144 cm³/mol. The Labute approximate surface area is 207 Å². The monoisotopic (exact) mass is 470 g/mol. The fourth-order valence-electron chi connectivity index (χ4n) is 4.39. The molecule has 0 aromatic heterocycles. The summed E-state index contributed by atoms with van der Waals surface area (Å²) in [6.07, 6.45) is 20.2. The van der Waals surface area contributed by atoms with Crippen LogP contribution < -0.4 is 0 Å². The zero-order valence-electron chi connectivity index (χ0n) is 21.1. The van der Waals surface area contributed by atoms with Crippen LogP contribution >= 0.6 is 11.8 Å². The lowest BCUT2D eigenvalue weighted by Gasteiger charge is -2.14. The molecule has 0 aliphatic carbocycles. The van der Waals surface area contributed by atoms with E-state index in [0.29, 0.717) is 11.5 Å². The summed E-state index contributed by atoms with van der Waals surface area (Å²) in [5.41, 5.74) is 2.48. The lowest BCUT2D eigenvalue weighted by atomic mass is 10.0. The third kappa shape index (κ3) is 11.4. The van der Waals surface area contributed by atoms with Crippen LogP contribution in [-0.4, -0.2) is 10.2 Å². The maximum atomic E-state index is 10.1. The number of unbranched alkanes of at least 4 members (excludes halogenated alkanes) is 12. The first-order valence-electron chi connectivity index (χ1n) is 13.5. The summed E-state index contributed by atoms with van der Waals surface area (Å²) >= 11 is 1.79. The van der Waals surface area contributed by atoms with E-state index < -0.39 is 0 Å². The Bertz CT molecular complexity index is 721. The number of phenols is 2. The largest absolute Gasteiger partial charge is 0.508 e. The molecule has 0 spiro atoms. The Kier molecular flexibility index (Phi) is 14.2. The van der Waals surface area contributed by atoms with Crippen molar-refractivity contribution in [3.8, 4) is 11.5 Å². The molecule has 2 N–H and O–H groups in total. The molecule has 2 rings (SSSR count). The van der Waals surface area contributed by atoms with Crippen LogP contribution in [0.3, 0.4) is 0 Å². The second-order valence-corrected chi connectivity index (χ2v) is 10.5. The number of hydrogen-bond acceptors (Lipinski definition) is 3. The molecule has 0 heterocycles. The van der Waals surface area contributed by atoms with Gasteiger partial charge in [0.2, 0.25) is 0 Å². The average molecular weight is 471 g/mol. The van der Waals surface area contributed by atoms with Gasteiger partial charge in [-0.2, -0.15) is 0 Å². The summed E-state index contributed by atoms with van der Waals surface area (Å²) in [7, 11) is 0. The van der Waals surface area contributed by atoms with Crippen molar-refractivity contribution in [3.05, 3.63) is 47.5 Å². The highest BCUT2D eigenvalue weighted by Gasteiger charge is 2.10. The molecule has 0 amide bonds. The fourth-order valence-corrected chi connectivity index (χ4v) is 5.48. The van der Waals surface area contributed by atoms with Gasteiger partial charge in [-0.15, -0.1) is 0 Å². The zero-order chi connectivity index (χ0) is 23.7. The van der Waals surface area contributed by atoms with E-state index in [4.69, 9.17) is 0 Å². The maximum absolute atomic E-state index is 10.1. The summed E-state index contributed by atoms with van der Waals surface area (Å²) < 4.78 is 0. The highest BCUT2D eigenvalue weighted by molar-refractivity contribution is 7.99. The Hall–Kier alpha value is -1.61. The summed E-state index contributed by atoms with van der Waals surface area (Å²) in [5, 5.41) is 20.1. The first kappa shape index (κ1) is 27.6. The Morgan fingerprint density at radius 1 is 0.515 bits per heavy atom. The smallest absolute Gasteiger partial charge is 0.115 e. The molecular weight excluding hydrogens is 424 g/mol. The quantitative estimate of drug-likeness (QED) is 0.213. The van der Waals surface area contributed by atoms with Gasteiger partial charge < -0.3 is 10.2 Å². The molecule has 0 fully saturated rings. The molecule has 2 aromatic carbocycles. The van der Waals surface area contributed by atoms with Crippen LogP contribution in [0.5, 0.6) is 11.5 Å². The van der Waals surface area contributed by atoms with Gasteiger partial charge in [0.15, 0.2) is 0 Å². The summed E-state index contributed by atoms with van der Waals surface area (Å²) in [4.78, 5) is 2.45. The minimum atomic E-state index is 0.353. The van der Waals surface area contributed by atoms with Gasteiger partial charge in [-0.25, -0.2) is 0 Å². The Morgan fingerprint density at radius 3 is 1.27 bits per heavy atom. The van der Waals surface area contributed by atoms with Gasteiger partial charge in [-0.3, -0.25) is 0 Å². The van der Waals surface area contributed by atoms with E-state index in [1.165, 1.54) is 111 Å². The van der Waals surface area contributed by atoms with Gasteiger partial charge in [-0.1, -0.05) is 103 Å². The third-order valence-electron chi connectivity index (χ3n) is 6.41. The second-order valence-electron chi connectivity index (χ2n) is 9.43. The number of phenolic OH excluding ortho intramolecular Hbond substituents is 2. The molecule has 3 heteroatoms. The van der Waals surface area contributed by atoms with Crippen molar-refractivity contribution in [1.82, 2.24) is 0 Å². The number of rotatable bonds is 18. The second kappa shape index (κ2) is 16.9. The molecule has 184 valence electrons. The molecule has 0 saturated carbocycles. The van der Waals surface area contributed by atoms with Gasteiger partial charge in [0.1, 0.15) is 11.5 Å². The molecule has 0 unspecified atom stereocenters. The molecule has 2 aromatic rings. The topological polar surface area (TPSA) is 40.5 Å². The van der Waals surface area contributed by atoms with Crippen molar-refractivity contribution in [2.24, 2.45) is 0 Å². The van der Waals surface area contributed by atoms with Crippen LogP contribution in [0, 0.1) is 0 Å². The Balaban J connectivity index is 1.93. The first-order valence-corrected chi connectivity index (χ1v) is 14.3. The van der Waals surface area contributed by atoms with E-state index in [1.54, 1.807) is 23.9 Å². The highest BCUT2D eigenvalue weighted by atomic mass is 32.2. The van der Waals surface area contributed by atoms with Crippen molar-refractivity contribution in [1.29, 1.82) is 0 Å². The van der Waals surface area contributed by atoms with Gasteiger partial charge in [0, 0.05) is 9.79 Å². The van der Waals surface area contributed by atoms with E-state index in [0.717, 1.165) is 12.8 Å². The van der Waals surface area contributed by atoms with Crippen molar-refractivity contribution in [2.45, 2.75) is 126 Å². The summed E-state index contributed by atoms with van der Waals surface area (Å²) in [6, 6.07) is 11.6. The van der Waals surface area contributed by atoms with Crippen LogP contribution in [0.4, 0.5) is 0 Å². The maximum Gasteiger partial charge on any atom is 0.115 e. The van der Waals surface area contributed by atoms with E-state index in [9.17, 15) is 10.2 Å². The first-order chi connectivity index (χ1) is 16.1. The molecule has 0 saturated heterocycles. The van der Waals surface area contributed by atoms with Gasteiger partial charge in [0.05, 0.1) is 0 Å². The standard InChI is InChI=1S/C30H46O2S/c1-3-5-7-9-11-13-15-17-25-23-27(31)19-21-29(25)33-30-22-20-28(32)24-26(30)18-16-14-12-10-8-6-4-2/h19-24,31-32H,3-18H2,1-2H3. The number of benzene rings is 2. The molecule has 0 bridgehead atoms. The van der Waals surface area contributed by atoms with Crippen molar-refractivity contribution < 1.29 is 10.2 Å². The van der Waals surface area contributed by atoms with Gasteiger partial charge in [0.25, 0.3) is 0 Å². The molecule has 0 radical (unpaired) electrons. The predicted octanol–water partition coefficient (Wildman–Crippen LogP) is 9.84. The molecule has 0 atom stereocenters. The molecular formula is C30H46O2S. The van der Waals surface area contributed by atoms with E-state index in [-0.39, 0.29) is 0 Å². The fraction of sp³-hybridized carbons (Fsp3) is 0.600. The van der Waals surface area contributed by atoms with Crippen LogP contribution in [0.1, 0.15) is 115 Å². The lowest BCUT2D eigenvalue weighted by Crippen LogP contribution is -1.93. The average Bonchev–Trinajstić information content (AvgIpc) is 2.81. The van der Waals surface area contributed by atoms with Crippen LogP contribution in [0.25, 0.3) is 0 Å². The van der Waals surface area contributed by atoms with E-state index in [2.05, 4.69) is 26.0 Å². The van der Waals surface area contributed by atoms with Crippen LogP contribution in [0.2, 0.25) is 0 Å². The van der Waals surface area contributed by atoms with Gasteiger partial charge >= 0.3 is 0 Å². The number of aryl methyl sites for hydroxylation is 2. The Morgan fingerprint density at radius 2 is 0.879 bits per heavy atom. The molecule has 33 heavy (non-hydrogen) atoms. The minimum absolute atomic E-state index is 0.353. The van der Waals surface area contributed by atoms with E-state index >= 15 is 0 Å². The zero-order valence-corrected chi connectivity index (χ0v) is 21.9. The normalized spacial score (nSPS) is 11.2. The molecule has 0 aliphatic rings. The van der Waals surface area contributed by atoms with Crippen molar-refractivity contribution in [3.63, 3.8) is 0 Å². The highest BCUT2D eigenvalue weighted by Crippen LogP contribution is 2.37. The third-order valence-corrected chi connectivity index (χ3v) is 7.64. The van der Waals surface area contributed by atoms with Crippen LogP contribution in [-0.2, 0) is 12.8 Å². The molecule has 0 aliphatic heterocycles.